The Balaban J connectivity index is 1.82. The van der Waals surface area contributed by atoms with E-state index in [1.54, 1.807) is 0 Å². The highest BCUT2D eigenvalue weighted by Crippen LogP contribution is 2.11. The van der Waals surface area contributed by atoms with Gasteiger partial charge >= 0.3 is 0 Å². The van der Waals surface area contributed by atoms with Crippen LogP contribution in [0.3, 0.4) is 0 Å². The zero-order valence-corrected chi connectivity index (χ0v) is 9.61. The molecule has 0 amide bonds. The molecule has 1 aromatic rings. The molecule has 0 aromatic heterocycles. The van der Waals surface area contributed by atoms with Crippen molar-refractivity contribution >= 4 is 41.0 Å². The maximum absolute atomic E-state index is 5.17. The first-order chi connectivity index (χ1) is 8.33. The van der Waals surface area contributed by atoms with E-state index in [0.717, 1.165) is 11.5 Å². The summed E-state index contributed by atoms with van der Waals surface area (Å²) in [5, 5.41) is 6.21. The Morgan fingerprint density at radius 2 is 2.06 bits per heavy atom. The van der Waals surface area contributed by atoms with Crippen molar-refractivity contribution in [3.8, 4) is 0 Å². The minimum atomic E-state index is -0.216. The van der Waals surface area contributed by atoms with Crippen molar-refractivity contribution in [1.82, 2.24) is 5.32 Å². The number of thiocarbonyl (C=S) groups is 1. The van der Waals surface area contributed by atoms with Crippen molar-refractivity contribution in [3.63, 3.8) is 0 Å². The van der Waals surface area contributed by atoms with E-state index < -0.39 is 0 Å². The average Bonchev–Trinajstić information content (AvgIpc) is 2.79. The summed E-state index contributed by atoms with van der Waals surface area (Å²) in [4.78, 5) is 13.0. The van der Waals surface area contributed by atoms with Crippen LogP contribution in [0.15, 0.2) is 45.3 Å². The molecule has 17 heavy (non-hydrogen) atoms. The van der Waals surface area contributed by atoms with Crippen molar-refractivity contribution in [2.75, 3.05) is 5.32 Å². The molecule has 0 aliphatic carbocycles. The van der Waals surface area contributed by atoms with Gasteiger partial charge in [0.05, 0.1) is 0 Å². The summed E-state index contributed by atoms with van der Waals surface area (Å²) in [6, 6.07) is 9.54. The lowest BCUT2D eigenvalue weighted by molar-refractivity contribution is 1.09. The fraction of sp³-hybridized carbons (Fsp3) is 0.0909. The lowest BCUT2D eigenvalue weighted by Gasteiger charge is -2.20. The molecule has 0 bridgehead atoms. The Hall–Kier alpha value is -2.08. The van der Waals surface area contributed by atoms with Gasteiger partial charge < -0.3 is 10.6 Å². The van der Waals surface area contributed by atoms with Crippen LogP contribution >= 0.6 is 12.2 Å². The lowest BCUT2D eigenvalue weighted by atomic mass is 10.2. The fourth-order valence-electron chi connectivity index (χ4n) is 1.62. The third-order valence-corrected chi connectivity index (χ3v) is 2.73. The van der Waals surface area contributed by atoms with Gasteiger partial charge in [0, 0.05) is 5.69 Å². The zero-order valence-electron chi connectivity index (χ0n) is 8.79. The molecule has 5 nitrogen and oxygen atoms in total. The van der Waals surface area contributed by atoms with Gasteiger partial charge in [0.1, 0.15) is 17.2 Å². The number of benzene rings is 1. The quantitative estimate of drug-likeness (QED) is 0.728. The summed E-state index contributed by atoms with van der Waals surface area (Å²) in [7, 11) is 0. The standard InChI is InChI=1S/C11H9N5S/c17-10-8-9(13-6-12-8)15-11(16-10)14-7-4-2-1-3-5-7/h1-6,8H,(H2,12,13,14,15,16,17). The van der Waals surface area contributed by atoms with Crippen LogP contribution in [0.1, 0.15) is 0 Å². The second-order valence-electron chi connectivity index (χ2n) is 3.60. The Labute approximate surface area is 103 Å². The Morgan fingerprint density at radius 1 is 1.24 bits per heavy atom. The third-order valence-electron chi connectivity index (χ3n) is 2.41. The Morgan fingerprint density at radius 3 is 2.88 bits per heavy atom. The van der Waals surface area contributed by atoms with E-state index in [4.69, 9.17) is 12.2 Å². The van der Waals surface area contributed by atoms with E-state index in [9.17, 15) is 0 Å². The number of rotatable bonds is 1. The molecule has 2 aliphatic heterocycles. The molecule has 1 aromatic carbocycles. The van der Waals surface area contributed by atoms with Crippen LogP contribution in [-0.4, -0.2) is 29.2 Å². The number of anilines is 1. The van der Waals surface area contributed by atoms with Crippen molar-refractivity contribution in [2.45, 2.75) is 6.04 Å². The molecule has 3 rings (SSSR count). The predicted octanol–water partition coefficient (Wildman–Crippen LogP) is 1.19. The summed E-state index contributed by atoms with van der Waals surface area (Å²) in [6.07, 6.45) is 1.50. The van der Waals surface area contributed by atoms with Gasteiger partial charge in [-0.25, -0.2) is 9.98 Å². The fourth-order valence-corrected chi connectivity index (χ4v) is 1.89. The first-order valence-corrected chi connectivity index (χ1v) is 5.55. The predicted molar refractivity (Wildman–Crippen MR) is 72.9 cm³/mol. The number of nitrogens with zero attached hydrogens (tertiary/aromatic N) is 3. The van der Waals surface area contributed by atoms with Gasteiger partial charge in [0.2, 0.25) is 5.96 Å². The van der Waals surface area contributed by atoms with Crippen molar-refractivity contribution in [2.24, 2.45) is 15.0 Å². The third kappa shape index (κ3) is 1.94. The molecule has 84 valence electrons. The van der Waals surface area contributed by atoms with Crippen LogP contribution in [0.5, 0.6) is 0 Å². The number of guanidine groups is 1. The van der Waals surface area contributed by atoms with Crippen molar-refractivity contribution in [3.05, 3.63) is 30.3 Å². The normalized spacial score (nSPS) is 21.4. The first kappa shape index (κ1) is 10.1. The van der Waals surface area contributed by atoms with Gasteiger partial charge in [-0.3, -0.25) is 4.99 Å². The number of hydrogen-bond donors (Lipinski definition) is 2. The minimum Gasteiger partial charge on any atom is -0.326 e. The van der Waals surface area contributed by atoms with Crippen molar-refractivity contribution < 1.29 is 0 Å². The van der Waals surface area contributed by atoms with E-state index in [1.807, 2.05) is 30.3 Å². The number of aliphatic imine (C=N–C) groups is 3. The van der Waals surface area contributed by atoms with Gasteiger partial charge in [0.25, 0.3) is 0 Å². The van der Waals surface area contributed by atoms with Crippen molar-refractivity contribution in [1.29, 1.82) is 0 Å². The van der Waals surface area contributed by atoms with Gasteiger partial charge in [-0.1, -0.05) is 30.4 Å². The number of nitrogens with one attached hydrogen (secondary N) is 2. The smallest absolute Gasteiger partial charge is 0.207 e. The number of hydrogen-bond acceptors (Lipinski definition) is 5. The van der Waals surface area contributed by atoms with E-state index in [0.29, 0.717) is 10.9 Å². The molecular formula is C11H9N5S. The highest BCUT2D eigenvalue weighted by atomic mass is 32.1. The SMILES string of the molecule is S=C1N=C(Nc2ccccc2)NC2=NC=NC12. The molecule has 0 saturated carbocycles. The van der Waals surface area contributed by atoms with E-state index in [2.05, 4.69) is 25.6 Å². The maximum Gasteiger partial charge on any atom is 0.207 e. The van der Waals surface area contributed by atoms with Gasteiger partial charge in [0.15, 0.2) is 6.04 Å². The molecular weight excluding hydrogens is 234 g/mol. The number of fused-ring (bicyclic) bond motifs is 1. The average molecular weight is 243 g/mol. The Bertz CT molecular complexity index is 546. The molecule has 0 fully saturated rings. The van der Waals surface area contributed by atoms with Crippen LogP contribution in [-0.2, 0) is 0 Å². The van der Waals surface area contributed by atoms with Crippen LogP contribution < -0.4 is 10.6 Å². The van der Waals surface area contributed by atoms with Gasteiger partial charge in [-0.2, -0.15) is 0 Å². The largest absolute Gasteiger partial charge is 0.326 e. The number of para-hydroxylation sites is 1. The molecule has 0 radical (unpaired) electrons. The van der Waals surface area contributed by atoms with Crippen LogP contribution in [0.4, 0.5) is 5.69 Å². The molecule has 0 spiro atoms. The first-order valence-electron chi connectivity index (χ1n) is 5.14. The highest BCUT2D eigenvalue weighted by Gasteiger charge is 2.28. The van der Waals surface area contributed by atoms with E-state index in [-0.39, 0.29) is 6.04 Å². The molecule has 6 heteroatoms. The second-order valence-corrected chi connectivity index (χ2v) is 4.01. The summed E-state index contributed by atoms with van der Waals surface area (Å²) in [5.41, 5.74) is 0.944. The second kappa shape index (κ2) is 4.06. The minimum absolute atomic E-state index is 0.216. The maximum atomic E-state index is 5.17. The summed E-state index contributed by atoms with van der Waals surface area (Å²) >= 11 is 5.17. The summed E-state index contributed by atoms with van der Waals surface area (Å²) < 4.78 is 0. The topological polar surface area (TPSA) is 61.1 Å². The highest BCUT2D eigenvalue weighted by molar-refractivity contribution is 7.80. The lowest BCUT2D eigenvalue weighted by Crippen LogP contribution is -2.47. The monoisotopic (exact) mass is 243 g/mol. The van der Waals surface area contributed by atoms with Gasteiger partial charge in [-0.05, 0) is 12.1 Å². The van der Waals surface area contributed by atoms with Crippen LogP contribution in [0.25, 0.3) is 0 Å². The summed E-state index contributed by atoms with van der Waals surface area (Å²) in [6.45, 7) is 0. The number of amidine groups is 1. The van der Waals surface area contributed by atoms with Gasteiger partial charge in [-0.15, -0.1) is 0 Å². The van der Waals surface area contributed by atoms with E-state index in [1.165, 1.54) is 6.34 Å². The Kier molecular flexibility index (Phi) is 2.41. The summed E-state index contributed by atoms with van der Waals surface area (Å²) in [5.74, 6) is 1.31. The molecule has 0 saturated heterocycles. The molecule has 2 aliphatic rings. The molecule has 1 atom stereocenters. The van der Waals surface area contributed by atoms with Crippen LogP contribution in [0.2, 0.25) is 0 Å². The molecule has 2 N–H and O–H groups in total. The molecule has 1 unspecified atom stereocenters. The van der Waals surface area contributed by atoms with E-state index >= 15 is 0 Å². The zero-order chi connectivity index (χ0) is 11.7. The molecule has 2 heterocycles. The van der Waals surface area contributed by atoms with Crippen LogP contribution in [0, 0.1) is 0 Å².